The third-order valence-corrected chi connectivity index (χ3v) is 5.77. The van der Waals surface area contributed by atoms with Gasteiger partial charge in [-0.05, 0) is 63.9 Å². The predicted molar refractivity (Wildman–Crippen MR) is 131 cm³/mol. The number of pyridine rings is 1. The largest absolute Gasteiger partial charge is 0.479 e. The van der Waals surface area contributed by atoms with Crippen LogP contribution in [0.5, 0.6) is 0 Å². The number of carbonyl (C=O) groups is 1. The van der Waals surface area contributed by atoms with Crippen molar-refractivity contribution in [1.29, 1.82) is 0 Å². The highest BCUT2D eigenvalue weighted by atomic mass is 19.2. The molecule has 0 saturated heterocycles. The number of fused-ring (bicyclic) bond motifs is 1. The Morgan fingerprint density at radius 1 is 1.06 bits per heavy atom. The Bertz CT molecular complexity index is 1400. The maximum absolute atomic E-state index is 13.8. The molecule has 182 valence electrons. The number of aromatic nitrogens is 2. The predicted octanol–water partition coefficient (Wildman–Crippen LogP) is 6.59. The van der Waals surface area contributed by atoms with Crippen molar-refractivity contribution in [3.8, 4) is 11.1 Å². The van der Waals surface area contributed by atoms with Crippen LogP contribution in [0.1, 0.15) is 49.3 Å². The molecule has 0 saturated carbocycles. The first-order valence-electron chi connectivity index (χ1n) is 11.4. The minimum atomic E-state index is -1.22. The van der Waals surface area contributed by atoms with Gasteiger partial charge in [0.2, 0.25) is 0 Å². The number of ether oxygens (including phenoxy) is 1. The molecule has 4 aromatic rings. The summed E-state index contributed by atoms with van der Waals surface area (Å²) in [4.78, 5) is 17.1. The first-order valence-corrected chi connectivity index (χ1v) is 11.4. The van der Waals surface area contributed by atoms with Gasteiger partial charge < -0.3 is 14.4 Å². The van der Waals surface area contributed by atoms with E-state index in [1.165, 1.54) is 12.1 Å². The van der Waals surface area contributed by atoms with Gasteiger partial charge in [0.05, 0.1) is 5.60 Å². The van der Waals surface area contributed by atoms with Gasteiger partial charge in [-0.25, -0.2) is 18.6 Å². The minimum Gasteiger partial charge on any atom is -0.479 e. The summed E-state index contributed by atoms with van der Waals surface area (Å²) in [5.74, 6) is -2.90. The van der Waals surface area contributed by atoms with Gasteiger partial charge in [-0.3, -0.25) is 0 Å². The molecule has 0 aliphatic rings. The Kier molecular flexibility index (Phi) is 6.47. The zero-order chi connectivity index (χ0) is 25.5. The van der Waals surface area contributed by atoms with Crippen molar-refractivity contribution < 1.29 is 23.4 Å². The molecule has 0 fully saturated rings. The highest BCUT2D eigenvalue weighted by molar-refractivity contribution is 5.97. The van der Waals surface area contributed by atoms with Crippen LogP contribution in [-0.4, -0.2) is 26.2 Å². The summed E-state index contributed by atoms with van der Waals surface area (Å²) < 4.78 is 35.0. The van der Waals surface area contributed by atoms with Crippen molar-refractivity contribution in [3.05, 3.63) is 88.7 Å². The fourth-order valence-electron chi connectivity index (χ4n) is 4.23. The van der Waals surface area contributed by atoms with Crippen LogP contribution in [0.25, 0.3) is 22.2 Å². The van der Waals surface area contributed by atoms with Gasteiger partial charge in [0, 0.05) is 34.9 Å². The number of aryl methyl sites for hydroxylation is 2. The van der Waals surface area contributed by atoms with Crippen LogP contribution in [0.3, 0.4) is 0 Å². The van der Waals surface area contributed by atoms with Crippen LogP contribution in [0, 0.1) is 25.5 Å². The third kappa shape index (κ3) is 5.10. The Morgan fingerprint density at radius 2 is 1.74 bits per heavy atom. The van der Waals surface area contributed by atoms with E-state index >= 15 is 0 Å². The van der Waals surface area contributed by atoms with Crippen molar-refractivity contribution in [3.63, 3.8) is 0 Å². The molecule has 5 nitrogen and oxygen atoms in total. The van der Waals surface area contributed by atoms with E-state index in [0.717, 1.165) is 28.1 Å². The molecule has 0 aliphatic heterocycles. The lowest BCUT2D eigenvalue weighted by Crippen LogP contribution is -2.28. The molecule has 2 aromatic carbocycles. The second-order valence-corrected chi connectivity index (χ2v) is 9.73. The van der Waals surface area contributed by atoms with Crippen molar-refractivity contribution in [2.45, 2.75) is 52.9 Å². The van der Waals surface area contributed by atoms with E-state index in [-0.39, 0.29) is 6.54 Å². The molecule has 0 amide bonds. The molecule has 35 heavy (non-hydrogen) atoms. The van der Waals surface area contributed by atoms with Gasteiger partial charge in [0.15, 0.2) is 17.7 Å². The molecule has 0 radical (unpaired) electrons. The van der Waals surface area contributed by atoms with Crippen molar-refractivity contribution in [2.24, 2.45) is 0 Å². The van der Waals surface area contributed by atoms with E-state index in [1.807, 2.05) is 68.8 Å². The zero-order valence-corrected chi connectivity index (χ0v) is 20.4. The first kappa shape index (κ1) is 24.5. The Labute approximate surface area is 203 Å². The highest BCUT2D eigenvalue weighted by Gasteiger charge is 2.32. The van der Waals surface area contributed by atoms with E-state index in [1.54, 1.807) is 6.92 Å². The number of aliphatic carboxylic acids is 1. The normalized spacial score (nSPS) is 12.8. The lowest BCUT2D eigenvalue weighted by atomic mass is 9.92. The van der Waals surface area contributed by atoms with Gasteiger partial charge in [0.1, 0.15) is 5.65 Å². The van der Waals surface area contributed by atoms with E-state index in [9.17, 15) is 18.7 Å². The minimum absolute atomic E-state index is 0.278. The number of benzene rings is 2. The summed E-state index contributed by atoms with van der Waals surface area (Å²) >= 11 is 0. The maximum Gasteiger partial charge on any atom is 0.337 e. The smallest absolute Gasteiger partial charge is 0.337 e. The number of hydrogen-bond donors (Lipinski definition) is 1. The van der Waals surface area contributed by atoms with E-state index in [0.29, 0.717) is 22.5 Å². The number of nitrogens with zero attached hydrogens (tertiary/aromatic N) is 2. The van der Waals surface area contributed by atoms with Crippen LogP contribution in [0.4, 0.5) is 8.78 Å². The van der Waals surface area contributed by atoms with Gasteiger partial charge in [0.25, 0.3) is 0 Å². The van der Waals surface area contributed by atoms with Gasteiger partial charge >= 0.3 is 5.97 Å². The standard InChI is InChI=1S/C28H28F2N2O3/c1-16-6-9-19(10-7-16)24-20-12-13-32(15-18-8-11-21(29)22(30)14-18)26(20)31-17(2)23(24)25(27(33)34)35-28(3,4)5/h6-14,25H,15H2,1-5H3,(H,33,34)/t25-/m1/s1. The second-order valence-electron chi connectivity index (χ2n) is 9.73. The molecule has 0 spiro atoms. The number of carboxylic acids is 1. The lowest BCUT2D eigenvalue weighted by Gasteiger charge is -2.28. The fourth-order valence-corrected chi connectivity index (χ4v) is 4.23. The summed E-state index contributed by atoms with van der Waals surface area (Å²) in [5.41, 5.74) is 4.17. The first-order chi connectivity index (χ1) is 16.4. The Balaban J connectivity index is 1.95. The highest BCUT2D eigenvalue weighted by Crippen LogP contribution is 2.39. The van der Waals surface area contributed by atoms with Crippen LogP contribution in [0.15, 0.2) is 54.7 Å². The average molecular weight is 479 g/mol. The van der Waals surface area contributed by atoms with Crippen molar-refractivity contribution >= 4 is 17.0 Å². The van der Waals surface area contributed by atoms with Gasteiger partial charge in [-0.1, -0.05) is 35.9 Å². The molecule has 2 aromatic heterocycles. The van der Waals surface area contributed by atoms with Crippen molar-refractivity contribution in [2.75, 3.05) is 0 Å². The lowest BCUT2D eigenvalue weighted by molar-refractivity contribution is -0.160. The molecule has 4 rings (SSSR count). The number of carboxylic acid groups (broad SMARTS) is 1. The topological polar surface area (TPSA) is 64.3 Å². The zero-order valence-electron chi connectivity index (χ0n) is 20.4. The van der Waals surface area contributed by atoms with Gasteiger partial charge in [-0.15, -0.1) is 0 Å². The molecule has 2 heterocycles. The molecule has 1 N–H and O–H groups in total. The quantitative estimate of drug-likeness (QED) is 0.340. The van der Waals surface area contributed by atoms with E-state index in [2.05, 4.69) is 0 Å². The average Bonchev–Trinajstić information content (AvgIpc) is 3.16. The monoisotopic (exact) mass is 478 g/mol. The second kappa shape index (κ2) is 9.23. The fraction of sp³-hybridized carbons (Fsp3) is 0.286. The van der Waals surface area contributed by atoms with E-state index < -0.39 is 29.3 Å². The molecule has 7 heteroatoms. The van der Waals surface area contributed by atoms with Crippen LogP contribution in [0.2, 0.25) is 0 Å². The SMILES string of the molecule is Cc1ccc(-c2c([C@@H](OC(C)(C)C)C(=O)O)c(C)nc3c2ccn3Cc2ccc(F)c(F)c2)cc1. The number of hydrogen-bond acceptors (Lipinski definition) is 3. The molecule has 0 bridgehead atoms. The third-order valence-electron chi connectivity index (χ3n) is 5.77. The molecule has 0 aliphatic carbocycles. The summed E-state index contributed by atoms with van der Waals surface area (Å²) in [5, 5.41) is 10.9. The number of halogens is 2. The maximum atomic E-state index is 13.8. The summed E-state index contributed by atoms with van der Waals surface area (Å²) in [7, 11) is 0. The summed E-state index contributed by atoms with van der Waals surface area (Å²) in [6.07, 6.45) is 0.595. The number of rotatable bonds is 6. The summed E-state index contributed by atoms with van der Waals surface area (Å²) in [6, 6.07) is 13.5. The van der Waals surface area contributed by atoms with Gasteiger partial charge in [-0.2, -0.15) is 0 Å². The Morgan fingerprint density at radius 3 is 2.34 bits per heavy atom. The van der Waals surface area contributed by atoms with Crippen LogP contribution >= 0.6 is 0 Å². The molecule has 0 unspecified atom stereocenters. The molecular weight excluding hydrogens is 450 g/mol. The summed E-state index contributed by atoms with van der Waals surface area (Å²) in [6.45, 7) is 9.47. The van der Waals surface area contributed by atoms with Crippen molar-refractivity contribution in [1.82, 2.24) is 9.55 Å². The Hall–Kier alpha value is -3.58. The molecular formula is C28H28F2N2O3. The van der Waals surface area contributed by atoms with E-state index in [4.69, 9.17) is 9.72 Å². The van der Waals surface area contributed by atoms with Crippen LogP contribution in [-0.2, 0) is 16.1 Å². The van der Waals surface area contributed by atoms with Crippen LogP contribution < -0.4 is 0 Å². The molecule has 1 atom stereocenters.